The first-order chi connectivity index (χ1) is 8.61. The van der Waals surface area contributed by atoms with Gasteiger partial charge in [0.2, 0.25) is 0 Å². The first kappa shape index (κ1) is 12.4. The Balaban J connectivity index is 2.26. The average molecular weight is 244 g/mol. The smallest absolute Gasteiger partial charge is 0.187 e. The molecular formula is C14H16N2O2. The number of carbonyl (C=O) groups is 1. The summed E-state index contributed by atoms with van der Waals surface area (Å²) in [5.41, 5.74) is 2.63. The highest BCUT2D eigenvalue weighted by Gasteiger charge is 2.13. The van der Waals surface area contributed by atoms with E-state index in [-0.39, 0.29) is 12.3 Å². The third-order valence-electron chi connectivity index (χ3n) is 2.88. The minimum absolute atomic E-state index is 0.00125. The van der Waals surface area contributed by atoms with E-state index in [0.717, 1.165) is 11.3 Å². The Morgan fingerprint density at radius 2 is 2.11 bits per heavy atom. The predicted octanol–water partition coefficient (Wildman–Crippen LogP) is 2.39. The number of carbonyl (C=O) groups excluding carboxylic acids is 1. The molecule has 4 heteroatoms. The molecule has 0 unspecified atom stereocenters. The molecule has 2 aromatic rings. The van der Waals surface area contributed by atoms with Crippen molar-refractivity contribution in [1.29, 1.82) is 0 Å². The van der Waals surface area contributed by atoms with Crippen LogP contribution in [0.25, 0.3) is 0 Å². The van der Waals surface area contributed by atoms with E-state index in [0.29, 0.717) is 11.3 Å². The van der Waals surface area contributed by atoms with E-state index in [1.807, 2.05) is 32.0 Å². The maximum Gasteiger partial charge on any atom is 0.187 e. The number of ether oxygens (including phenoxy) is 1. The number of nitrogens with zero attached hydrogens (tertiary/aromatic N) is 2. The van der Waals surface area contributed by atoms with Crippen LogP contribution in [0.15, 0.2) is 30.5 Å². The lowest BCUT2D eigenvalue weighted by Gasteiger charge is -2.09. The summed E-state index contributed by atoms with van der Waals surface area (Å²) in [4.78, 5) is 12.2. The van der Waals surface area contributed by atoms with Crippen LogP contribution in [-0.2, 0) is 6.54 Å². The lowest BCUT2D eigenvalue weighted by atomic mass is 10.1. The minimum Gasteiger partial charge on any atom is -0.496 e. The molecule has 0 fully saturated rings. The first-order valence-electron chi connectivity index (χ1n) is 5.78. The maximum absolute atomic E-state index is 12.2. The van der Waals surface area contributed by atoms with E-state index < -0.39 is 0 Å². The van der Waals surface area contributed by atoms with Crippen LogP contribution in [0.3, 0.4) is 0 Å². The van der Waals surface area contributed by atoms with Crippen LogP contribution in [-0.4, -0.2) is 22.7 Å². The van der Waals surface area contributed by atoms with Gasteiger partial charge in [0.05, 0.1) is 12.7 Å². The van der Waals surface area contributed by atoms with Gasteiger partial charge in [0, 0.05) is 11.9 Å². The van der Waals surface area contributed by atoms with Gasteiger partial charge in [-0.1, -0.05) is 6.07 Å². The van der Waals surface area contributed by atoms with E-state index in [9.17, 15) is 4.79 Å². The molecule has 0 radical (unpaired) electrons. The number of hydrogen-bond donors (Lipinski definition) is 0. The normalized spacial score (nSPS) is 10.4. The zero-order valence-corrected chi connectivity index (χ0v) is 10.8. The monoisotopic (exact) mass is 244 g/mol. The molecule has 0 saturated carbocycles. The Bertz CT molecular complexity index is 573. The second-order valence-corrected chi connectivity index (χ2v) is 4.26. The van der Waals surface area contributed by atoms with Gasteiger partial charge in [0.25, 0.3) is 0 Å². The summed E-state index contributed by atoms with van der Waals surface area (Å²) in [7, 11) is 1.57. The Labute approximate surface area is 106 Å². The van der Waals surface area contributed by atoms with Crippen LogP contribution in [0.4, 0.5) is 0 Å². The molecule has 94 valence electrons. The van der Waals surface area contributed by atoms with E-state index in [2.05, 4.69) is 5.10 Å². The summed E-state index contributed by atoms with van der Waals surface area (Å²) >= 11 is 0. The zero-order chi connectivity index (χ0) is 13.1. The lowest BCUT2D eigenvalue weighted by Crippen LogP contribution is -2.13. The number of aryl methyl sites for hydroxylation is 2. The Morgan fingerprint density at radius 3 is 2.72 bits per heavy atom. The fourth-order valence-electron chi connectivity index (χ4n) is 1.81. The fourth-order valence-corrected chi connectivity index (χ4v) is 1.81. The van der Waals surface area contributed by atoms with Gasteiger partial charge in [-0.3, -0.25) is 9.48 Å². The van der Waals surface area contributed by atoms with Crippen molar-refractivity contribution < 1.29 is 9.53 Å². The summed E-state index contributed by atoms with van der Waals surface area (Å²) in [6.07, 6.45) is 1.69. The van der Waals surface area contributed by atoms with Crippen LogP contribution in [0, 0.1) is 13.8 Å². The summed E-state index contributed by atoms with van der Waals surface area (Å²) in [6, 6.07) is 7.45. The van der Waals surface area contributed by atoms with Crippen molar-refractivity contribution in [3.05, 3.63) is 47.3 Å². The molecular weight excluding hydrogens is 228 g/mol. The third kappa shape index (κ3) is 2.42. The van der Waals surface area contributed by atoms with Crippen LogP contribution in [0.1, 0.15) is 21.6 Å². The Morgan fingerprint density at radius 1 is 1.33 bits per heavy atom. The molecule has 18 heavy (non-hydrogen) atoms. The standard InChI is InChI=1S/C14H16N2O2/c1-10-4-5-12(14(8-10)18-3)13(17)9-16-11(2)6-7-15-16/h4-8H,9H2,1-3H3. The van der Waals surface area contributed by atoms with Gasteiger partial charge in [-0.15, -0.1) is 0 Å². The van der Waals surface area contributed by atoms with Crippen molar-refractivity contribution in [2.45, 2.75) is 20.4 Å². The molecule has 1 heterocycles. The molecule has 0 saturated heterocycles. The van der Waals surface area contributed by atoms with Gasteiger partial charge in [-0.2, -0.15) is 5.10 Å². The SMILES string of the molecule is COc1cc(C)ccc1C(=O)Cn1nccc1C. The number of methoxy groups -OCH3 is 1. The average Bonchev–Trinajstić information content (AvgIpc) is 2.74. The third-order valence-corrected chi connectivity index (χ3v) is 2.88. The molecule has 0 amide bonds. The van der Waals surface area contributed by atoms with Crippen molar-refractivity contribution >= 4 is 5.78 Å². The van der Waals surface area contributed by atoms with Crippen molar-refractivity contribution in [1.82, 2.24) is 9.78 Å². The van der Waals surface area contributed by atoms with Gasteiger partial charge in [-0.05, 0) is 37.6 Å². The molecule has 0 aliphatic rings. The van der Waals surface area contributed by atoms with Gasteiger partial charge in [-0.25, -0.2) is 0 Å². The maximum atomic E-state index is 12.2. The van der Waals surface area contributed by atoms with Gasteiger partial charge < -0.3 is 4.74 Å². The molecule has 1 aromatic heterocycles. The van der Waals surface area contributed by atoms with Crippen LogP contribution in [0.2, 0.25) is 0 Å². The van der Waals surface area contributed by atoms with E-state index in [1.54, 1.807) is 24.1 Å². The highest BCUT2D eigenvalue weighted by molar-refractivity contribution is 5.98. The fraction of sp³-hybridized carbons (Fsp3) is 0.286. The molecule has 0 aliphatic heterocycles. The number of aromatic nitrogens is 2. The summed E-state index contributed by atoms with van der Waals surface area (Å²) < 4.78 is 6.93. The molecule has 2 rings (SSSR count). The van der Waals surface area contributed by atoms with Crippen molar-refractivity contribution in [3.8, 4) is 5.75 Å². The summed E-state index contributed by atoms with van der Waals surface area (Å²) in [5, 5.41) is 4.11. The van der Waals surface area contributed by atoms with E-state index >= 15 is 0 Å². The highest BCUT2D eigenvalue weighted by atomic mass is 16.5. The topological polar surface area (TPSA) is 44.1 Å². The van der Waals surface area contributed by atoms with Gasteiger partial charge in [0.15, 0.2) is 5.78 Å². The molecule has 0 atom stereocenters. The second-order valence-electron chi connectivity index (χ2n) is 4.26. The molecule has 0 spiro atoms. The van der Waals surface area contributed by atoms with Crippen LogP contribution in [0.5, 0.6) is 5.75 Å². The first-order valence-corrected chi connectivity index (χ1v) is 5.78. The number of hydrogen-bond acceptors (Lipinski definition) is 3. The highest BCUT2D eigenvalue weighted by Crippen LogP contribution is 2.21. The van der Waals surface area contributed by atoms with Crippen molar-refractivity contribution in [2.24, 2.45) is 0 Å². The van der Waals surface area contributed by atoms with Crippen molar-refractivity contribution in [2.75, 3.05) is 7.11 Å². The Kier molecular flexibility index (Phi) is 3.46. The number of ketones is 1. The number of Topliss-reactive ketones (excluding diaryl/α,β-unsaturated/α-hetero) is 1. The lowest BCUT2D eigenvalue weighted by molar-refractivity contribution is 0.0964. The quantitative estimate of drug-likeness (QED) is 0.776. The molecule has 4 nitrogen and oxygen atoms in total. The summed E-state index contributed by atoms with van der Waals surface area (Å²) in [6.45, 7) is 4.12. The Hall–Kier alpha value is -2.10. The largest absolute Gasteiger partial charge is 0.496 e. The molecule has 0 bridgehead atoms. The minimum atomic E-state index is -0.00125. The van der Waals surface area contributed by atoms with Gasteiger partial charge >= 0.3 is 0 Å². The number of rotatable bonds is 4. The molecule has 0 aliphatic carbocycles. The van der Waals surface area contributed by atoms with E-state index in [4.69, 9.17) is 4.74 Å². The van der Waals surface area contributed by atoms with Crippen LogP contribution >= 0.6 is 0 Å². The van der Waals surface area contributed by atoms with Gasteiger partial charge in [0.1, 0.15) is 12.3 Å². The second kappa shape index (κ2) is 5.04. The predicted molar refractivity (Wildman–Crippen MR) is 69.0 cm³/mol. The van der Waals surface area contributed by atoms with Crippen LogP contribution < -0.4 is 4.74 Å². The molecule has 1 aromatic carbocycles. The number of benzene rings is 1. The van der Waals surface area contributed by atoms with Crippen molar-refractivity contribution in [3.63, 3.8) is 0 Å². The van der Waals surface area contributed by atoms with E-state index in [1.165, 1.54) is 0 Å². The zero-order valence-electron chi connectivity index (χ0n) is 10.8. The summed E-state index contributed by atoms with van der Waals surface area (Å²) in [5.74, 6) is 0.614. The molecule has 0 N–H and O–H groups in total.